The molecular formula is C28H37FN4O3. The summed E-state index contributed by atoms with van der Waals surface area (Å²) in [4.78, 5) is 32.7. The molecule has 194 valence electrons. The Bertz CT molecular complexity index is 1050. The highest BCUT2D eigenvalue weighted by Crippen LogP contribution is 2.37. The number of benzene rings is 2. The van der Waals surface area contributed by atoms with Crippen molar-refractivity contribution in [2.75, 3.05) is 47.4 Å². The SMILES string of the molecule is COc1cccc(CN2CCC([C@]3(Cc4ccc(F)cc4)NC(=O)N(CCCN(C)C)C3=O)CC2)c1. The highest BCUT2D eigenvalue weighted by atomic mass is 19.1. The van der Waals surface area contributed by atoms with Crippen LogP contribution in [0.15, 0.2) is 48.5 Å². The summed E-state index contributed by atoms with van der Waals surface area (Å²) >= 11 is 0. The van der Waals surface area contributed by atoms with Crippen molar-refractivity contribution in [3.63, 3.8) is 0 Å². The molecule has 2 fully saturated rings. The number of carbonyl (C=O) groups excluding carboxylic acids is 2. The van der Waals surface area contributed by atoms with Crippen LogP contribution in [0.1, 0.15) is 30.4 Å². The molecule has 4 rings (SSSR count). The first-order valence-electron chi connectivity index (χ1n) is 12.7. The van der Waals surface area contributed by atoms with E-state index < -0.39 is 5.54 Å². The van der Waals surface area contributed by atoms with Crippen molar-refractivity contribution in [3.8, 4) is 5.75 Å². The molecule has 1 N–H and O–H groups in total. The lowest BCUT2D eigenvalue weighted by Gasteiger charge is -2.41. The number of hydrogen-bond donors (Lipinski definition) is 1. The van der Waals surface area contributed by atoms with E-state index in [1.807, 2.05) is 31.1 Å². The topological polar surface area (TPSA) is 65.1 Å². The van der Waals surface area contributed by atoms with E-state index in [2.05, 4.69) is 22.3 Å². The van der Waals surface area contributed by atoms with Crippen molar-refractivity contribution in [2.45, 2.75) is 37.8 Å². The van der Waals surface area contributed by atoms with Crippen LogP contribution in [-0.4, -0.2) is 79.6 Å². The number of nitrogens with zero attached hydrogens (tertiary/aromatic N) is 3. The molecule has 2 aromatic carbocycles. The van der Waals surface area contributed by atoms with Crippen LogP contribution in [-0.2, 0) is 17.8 Å². The molecule has 2 heterocycles. The molecule has 2 saturated heterocycles. The molecule has 2 aromatic rings. The fourth-order valence-corrected chi connectivity index (χ4v) is 5.47. The molecule has 7 nitrogen and oxygen atoms in total. The second-order valence-electron chi connectivity index (χ2n) is 10.2. The van der Waals surface area contributed by atoms with Gasteiger partial charge in [-0.05, 0) is 94.3 Å². The van der Waals surface area contributed by atoms with Crippen LogP contribution in [0, 0.1) is 11.7 Å². The minimum absolute atomic E-state index is 0.000545. The van der Waals surface area contributed by atoms with Crippen molar-refractivity contribution in [1.29, 1.82) is 0 Å². The Balaban J connectivity index is 1.50. The van der Waals surface area contributed by atoms with E-state index >= 15 is 0 Å². The molecule has 0 unspecified atom stereocenters. The summed E-state index contributed by atoms with van der Waals surface area (Å²) in [7, 11) is 5.62. The second-order valence-corrected chi connectivity index (χ2v) is 10.2. The number of halogens is 1. The van der Waals surface area contributed by atoms with Crippen molar-refractivity contribution >= 4 is 11.9 Å². The fourth-order valence-electron chi connectivity index (χ4n) is 5.47. The van der Waals surface area contributed by atoms with E-state index in [-0.39, 0.29) is 23.7 Å². The molecule has 0 bridgehead atoms. The maximum atomic E-state index is 13.9. The molecule has 0 radical (unpaired) electrons. The number of methoxy groups -OCH3 is 1. The standard InChI is InChI=1S/C28H37FN4O3/c1-31(2)14-5-15-33-26(34)28(30-27(33)35,19-21-8-10-24(29)11-9-21)23-12-16-32(17-13-23)20-22-6-4-7-25(18-22)36-3/h4,6-11,18,23H,5,12-17,19-20H2,1-3H3,(H,30,35)/t28-/m0/s1. The van der Waals surface area contributed by atoms with Crippen LogP contribution in [0.25, 0.3) is 0 Å². The van der Waals surface area contributed by atoms with Crippen LogP contribution in [0.3, 0.4) is 0 Å². The van der Waals surface area contributed by atoms with E-state index in [4.69, 9.17) is 4.74 Å². The van der Waals surface area contributed by atoms with E-state index in [0.717, 1.165) is 56.8 Å². The zero-order valence-electron chi connectivity index (χ0n) is 21.5. The Morgan fingerprint density at radius 2 is 1.81 bits per heavy atom. The van der Waals surface area contributed by atoms with Crippen LogP contribution in [0.5, 0.6) is 5.75 Å². The lowest BCUT2D eigenvalue weighted by Crippen LogP contribution is -2.57. The van der Waals surface area contributed by atoms with Crippen LogP contribution < -0.4 is 10.1 Å². The van der Waals surface area contributed by atoms with Gasteiger partial charge in [0.2, 0.25) is 0 Å². The maximum Gasteiger partial charge on any atom is 0.325 e. The summed E-state index contributed by atoms with van der Waals surface area (Å²) in [6.07, 6.45) is 2.67. The molecule has 1 atom stereocenters. The van der Waals surface area contributed by atoms with Crippen molar-refractivity contribution < 1.29 is 18.7 Å². The zero-order chi connectivity index (χ0) is 25.7. The molecule has 0 aliphatic carbocycles. The summed E-state index contributed by atoms with van der Waals surface area (Å²) in [5, 5.41) is 3.11. The Morgan fingerprint density at radius 1 is 1.08 bits per heavy atom. The minimum atomic E-state index is -1.00. The van der Waals surface area contributed by atoms with Crippen molar-refractivity contribution in [2.24, 2.45) is 5.92 Å². The van der Waals surface area contributed by atoms with Crippen molar-refractivity contribution in [1.82, 2.24) is 20.0 Å². The number of piperidine rings is 1. The van der Waals surface area contributed by atoms with Gasteiger partial charge in [0.15, 0.2) is 0 Å². The quantitative estimate of drug-likeness (QED) is 0.510. The number of urea groups is 1. The fraction of sp³-hybridized carbons (Fsp3) is 0.500. The third-order valence-electron chi connectivity index (χ3n) is 7.41. The molecule has 2 aliphatic rings. The van der Waals surface area contributed by atoms with Gasteiger partial charge in [-0.25, -0.2) is 9.18 Å². The first-order chi connectivity index (χ1) is 17.3. The number of hydrogen-bond acceptors (Lipinski definition) is 5. The molecule has 0 aromatic heterocycles. The largest absolute Gasteiger partial charge is 0.497 e. The van der Waals surface area contributed by atoms with Gasteiger partial charge >= 0.3 is 6.03 Å². The van der Waals surface area contributed by atoms with Crippen LogP contribution >= 0.6 is 0 Å². The van der Waals surface area contributed by atoms with E-state index in [1.54, 1.807) is 19.2 Å². The molecule has 0 saturated carbocycles. The summed E-state index contributed by atoms with van der Waals surface area (Å²) < 4.78 is 18.9. The Hall–Kier alpha value is -2.97. The molecule has 8 heteroatoms. The first-order valence-corrected chi connectivity index (χ1v) is 12.7. The van der Waals surface area contributed by atoms with E-state index in [0.29, 0.717) is 13.0 Å². The average Bonchev–Trinajstić information content (AvgIpc) is 3.10. The minimum Gasteiger partial charge on any atom is -0.497 e. The predicted octanol–water partition coefficient (Wildman–Crippen LogP) is 3.53. The summed E-state index contributed by atoms with van der Waals surface area (Å²) in [6, 6.07) is 14.0. The van der Waals surface area contributed by atoms with Gasteiger partial charge in [-0.15, -0.1) is 0 Å². The average molecular weight is 497 g/mol. The van der Waals surface area contributed by atoms with Gasteiger partial charge in [-0.2, -0.15) is 0 Å². The Morgan fingerprint density at radius 3 is 2.47 bits per heavy atom. The van der Waals surface area contributed by atoms with Gasteiger partial charge in [0.1, 0.15) is 17.1 Å². The maximum absolute atomic E-state index is 13.9. The van der Waals surface area contributed by atoms with Gasteiger partial charge in [0.25, 0.3) is 5.91 Å². The summed E-state index contributed by atoms with van der Waals surface area (Å²) in [5.41, 5.74) is 1.03. The van der Waals surface area contributed by atoms with Crippen LogP contribution in [0.4, 0.5) is 9.18 Å². The van der Waals surface area contributed by atoms with E-state index in [9.17, 15) is 14.0 Å². The van der Waals surface area contributed by atoms with Gasteiger partial charge < -0.3 is 15.0 Å². The van der Waals surface area contributed by atoms with Gasteiger partial charge in [0, 0.05) is 19.5 Å². The van der Waals surface area contributed by atoms with E-state index in [1.165, 1.54) is 22.6 Å². The molecule has 36 heavy (non-hydrogen) atoms. The Labute approximate surface area is 213 Å². The van der Waals surface area contributed by atoms with Gasteiger partial charge in [-0.3, -0.25) is 14.6 Å². The highest BCUT2D eigenvalue weighted by Gasteiger charge is 2.55. The van der Waals surface area contributed by atoms with Gasteiger partial charge in [-0.1, -0.05) is 24.3 Å². The number of imide groups is 1. The zero-order valence-corrected chi connectivity index (χ0v) is 21.5. The number of likely N-dealkylation sites (tertiary alicyclic amines) is 1. The number of carbonyl (C=O) groups is 2. The second kappa shape index (κ2) is 11.4. The monoisotopic (exact) mass is 496 g/mol. The third kappa shape index (κ3) is 5.87. The third-order valence-corrected chi connectivity index (χ3v) is 7.41. The number of amides is 3. The normalized spacial score (nSPS) is 21.3. The van der Waals surface area contributed by atoms with Crippen molar-refractivity contribution in [3.05, 3.63) is 65.5 Å². The van der Waals surface area contributed by atoms with Crippen LogP contribution in [0.2, 0.25) is 0 Å². The number of ether oxygens (including phenoxy) is 1. The van der Waals surface area contributed by atoms with Gasteiger partial charge in [0.05, 0.1) is 7.11 Å². The summed E-state index contributed by atoms with van der Waals surface area (Å²) in [6.45, 7) is 3.66. The molecular weight excluding hydrogens is 459 g/mol. The Kier molecular flexibility index (Phi) is 8.26. The summed E-state index contributed by atoms with van der Waals surface area (Å²) in [5.74, 6) is 0.376. The first kappa shape index (κ1) is 26.1. The highest BCUT2D eigenvalue weighted by molar-refractivity contribution is 6.07. The molecule has 2 aliphatic heterocycles. The predicted molar refractivity (Wildman–Crippen MR) is 137 cm³/mol. The lowest BCUT2D eigenvalue weighted by molar-refractivity contribution is -0.134. The lowest BCUT2D eigenvalue weighted by atomic mass is 9.74. The smallest absolute Gasteiger partial charge is 0.325 e. The molecule has 3 amide bonds. The number of rotatable bonds is 10. The molecule has 0 spiro atoms. The number of nitrogens with one attached hydrogen (secondary N) is 1.